The van der Waals surface area contributed by atoms with Gasteiger partial charge in [-0.2, -0.15) is 0 Å². The van der Waals surface area contributed by atoms with Crippen molar-refractivity contribution in [3.63, 3.8) is 0 Å². The SMILES string of the molecule is O=C(O)C1CC=CCC1C(=O)OCC(O)COc1ccc(C2(c3ccc(OCC(O)COC(=O)C4CC=CCC4C(=O)O)cc3)c3ccccc3-c3ccccc32)cc1. The highest BCUT2D eigenvalue weighted by molar-refractivity contribution is 5.86. The van der Waals surface area contributed by atoms with Crippen LogP contribution in [0.15, 0.2) is 121 Å². The monoisotopic (exact) mass is 802 g/mol. The first-order valence-corrected chi connectivity index (χ1v) is 19.7. The van der Waals surface area contributed by atoms with Crippen LogP contribution in [0.1, 0.15) is 47.9 Å². The zero-order valence-electron chi connectivity index (χ0n) is 32.2. The number of hydrogen-bond acceptors (Lipinski definition) is 10. The highest BCUT2D eigenvalue weighted by Crippen LogP contribution is 2.56. The zero-order valence-corrected chi connectivity index (χ0v) is 32.2. The van der Waals surface area contributed by atoms with Crippen LogP contribution in [0, 0.1) is 23.7 Å². The second kappa shape index (κ2) is 18.1. The van der Waals surface area contributed by atoms with Crippen LogP contribution in [0.5, 0.6) is 11.5 Å². The number of aliphatic carboxylic acids is 2. The number of carboxylic acids is 2. The van der Waals surface area contributed by atoms with E-state index in [4.69, 9.17) is 18.9 Å². The fourth-order valence-corrected chi connectivity index (χ4v) is 8.37. The van der Waals surface area contributed by atoms with Gasteiger partial charge in [0, 0.05) is 0 Å². The van der Waals surface area contributed by atoms with E-state index in [0.717, 1.165) is 33.4 Å². The largest absolute Gasteiger partial charge is 0.491 e. The third kappa shape index (κ3) is 8.64. The second-order valence-electron chi connectivity index (χ2n) is 15.1. The summed E-state index contributed by atoms with van der Waals surface area (Å²) >= 11 is 0. The maximum atomic E-state index is 12.7. The molecule has 59 heavy (non-hydrogen) atoms. The molecule has 0 fully saturated rings. The Balaban J connectivity index is 1.03. The van der Waals surface area contributed by atoms with Crippen molar-refractivity contribution in [3.8, 4) is 22.6 Å². The Bertz CT molecular complexity index is 2050. The molecule has 306 valence electrons. The highest BCUT2D eigenvalue weighted by atomic mass is 16.6. The van der Waals surface area contributed by atoms with Crippen molar-refractivity contribution in [2.24, 2.45) is 23.7 Å². The maximum Gasteiger partial charge on any atom is 0.310 e. The van der Waals surface area contributed by atoms with Gasteiger partial charge in [0.25, 0.3) is 0 Å². The molecule has 0 spiro atoms. The second-order valence-corrected chi connectivity index (χ2v) is 15.1. The van der Waals surface area contributed by atoms with Crippen LogP contribution < -0.4 is 9.47 Å². The summed E-state index contributed by atoms with van der Waals surface area (Å²) in [6.07, 6.45) is 5.79. The van der Waals surface area contributed by atoms with Crippen LogP contribution in [-0.4, -0.2) is 82.9 Å². The number of benzene rings is 4. The first-order chi connectivity index (χ1) is 28.6. The summed E-state index contributed by atoms with van der Waals surface area (Å²) in [5.41, 5.74) is 5.52. The first-order valence-electron chi connectivity index (χ1n) is 19.7. The van der Waals surface area contributed by atoms with E-state index in [-0.39, 0.29) is 52.1 Å². The van der Waals surface area contributed by atoms with Gasteiger partial charge in [0.05, 0.1) is 29.1 Å². The Morgan fingerprint density at radius 1 is 0.508 bits per heavy atom. The Hall–Kier alpha value is -6.24. The summed E-state index contributed by atoms with van der Waals surface area (Å²) in [6.45, 7) is -0.976. The van der Waals surface area contributed by atoms with Gasteiger partial charge >= 0.3 is 23.9 Å². The van der Waals surface area contributed by atoms with Gasteiger partial charge in [0.1, 0.15) is 50.1 Å². The molecule has 7 rings (SSSR count). The third-order valence-corrected chi connectivity index (χ3v) is 11.4. The van der Waals surface area contributed by atoms with Gasteiger partial charge in [-0.25, -0.2) is 0 Å². The Morgan fingerprint density at radius 3 is 1.24 bits per heavy atom. The molecule has 3 aliphatic carbocycles. The highest BCUT2D eigenvalue weighted by Gasteiger charge is 2.46. The van der Waals surface area contributed by atoms with Crippen LogP contribution in [-0.2, 0) is 34.1 Å². The molecule has 4 N–H and O–H groups in total. The van der Waals surface area contributed by atoms with Crippen molar-refractivity contribution in [3.05, 3.63) is 144 Å². The van der Waals surface area contributed by atoms with E-state index in [0.29, 0.717) is 11.5 Å². The van der Waals surface area contributed by atoms with Crippen molar-refractivity contribution < 1.29 is 58.6 Å². The molecule has 0 aliphatic heterocycles. The number of carboxylic acid groups (broad SMARTS) is 2. The van der Waals surface area contributed by atoms with E-state index in [1.807, 2.05) is 72.8 Å². The molecule has 0 saturated carbocycles. The lowest BCUT2D eigenvalue weighted by atomic mass is 9.68. The number of carbonyl (C=O) groups excluding carboxylic acids is 2. The van der Waals surface area contributed by atoms with E-state index in [1.165, 1.54) is 0 Å². The molecular weight excluding hydrogens is 757 g/mol. The lowest BCUT2D eigenvalue weighted by molar-refractivity contribution is -0.160. The fraction of sp³-hybridized carbons (Fsp3) is 0.319. The number of allylic oxidation sites excluding steroid dienone is 4. The molecular formula is C47H46O12. The predicted molar refractivity (Wildman–Crippen MR) is 215 cm³/mol. The van der Waals surface area contributed by atoms with E-state index in [2.05, 4.69) is 24.3 Å². The van der Waals surface area contributed by atoms with Crippen LogP contribution in [0.2, 0.25) is 0 Å². The molecule has 6 atom stereocenters. The van der Waals surface area contributed by atoms with Crippen molar-refractivity contribution in [2.45, 2.75) is 43.3 Å². The standard InChI is InChI=1S/C47H46O12/c48-31(27-58-45(54)39-13-3-1-11-37(39)43(50)51)25-56-33-21-17-29(18-22-33)47(41-15-7-5-9-35(41)36-10-6-8-16-42(36)47)30-19-23-34(24-20-30)57-26-32(49)28-59-46(55)40-14-4-2-12-38(40)44(52)53/h1-10,15-24,31-32,37-40,48-49H,11-14,25-28H2,(H,50,51)(H,52,53). The minimum atomic E-state index is -1.14. The summed E-state index contributed by atoms with van der Waals surface area (Å²) in [5, 5.41) is 40.1. The lowest BCUT2D eigenvalue weighted by Crippen LogP contribution is -2.34. The number of carbonyl (C=O) groups is 4. The molecule has 4 aromatic rings. The average molecular weight is 803 g/mol. The third-order valence-electron chi connectivity index (χ3n) is 11.4. The average Bonchev–Trinajstić information content (AvgIpc) is 3.57. The summed E-state index contributed by atoms with van der Waals surface area (Å²) in [7, 11) is 0. The summed E-state index contributed by atoms with van der Waals surface area (Å²) in [6, 6.07) is 31.7. The molecule has 12 nitrogen and oxygen atoms in total. The minimum absolute atomic E-state index is 0.155. The lowest BCUT2D eigenvalue weighted by Gasteiger charge is -2.34. The van der Waals surface area contributed by atoms with Crippen LogP contribution in [0.25, 0.3) is 11.1 Å². The van der Waals surface area contributed by atoms with Crippen LogP contribution in [0.4, 0.5) is 0 Å². The number of rotatable bonds is 16. The quantitative estimate of drug-likeness (QED) is 0.0680. The topological polar surface area (TPSA) is 186 Å². The predicted octanol–water partition coefficient (Wildman–Crippen LogP) is 5.95. The van der Waals surface area contributed by atoms with E-state index in [1.54, 1.807) is 24.3 Å². The summed E-state index contributed by atoms with van der Waals surface area (Å²) < 4.78 is 22.4. The zero-order chi connectivity index (χ0) is 41.5. The van der Waals surface area contributed by atoms with Gasteiger partial charge < -0.3 is 39.4 Å². The van der Waals surface area contributed by atoms with Gasteiger partial charge in [0.15, 0.2) is 0 Å². The van der Waals surface area contributed by atoms with Gasteiger partial charge in [-0.05, 0) is 83.3 Å². The Labute approximate surface area is 341 Å². The minimum Gasteiger partial charge on any atom is -0.491 e. The van der Waals surface area contributed by atoms with Gasteiger partial charge in [-0.15, -0.1) is 0 Å². The fourth-order valence-electron chi connectivity index (χ4n) is 8.37. The Kier molecular flexibility index (Phi) is 12.6. The molecule has 0 radical (unpaired) electrons. The molecule has 0 heterocycles. The van der Waals surface area contributed by atoms with E-state index in [9.17, 15) is 39.6 Å². The maximum absolute atomic E-state index is 12.7. The molecule has 6 unspecified atom stereocenters. The van der Waals surface area contributed by atoms with Gasteiger partial charge in [0.2, 0.25) is 0 Å². The van der Waals surface area contributed by atoms with Crippen molar-refractivity contribution in [1.29, 1.82) is 0 Å². The molecule has 0 saturated heterocycles. The molecule has 0 bridgehead atoms. The van der Waals surface area contributed by atoms with Gasteiger partial charge in [-0.3, -0.25) is 19.2 Å². The first kappa shape index (κ1) is 40.9. The molecule has 12 heteroatoms. The number of ether oxygens (including phenoxy) is 4. The molecule has 0 aromatic heterocycles. The summed E-state index contributed by atoms with van der Waals surface area (Å²) in [4.78, 5) is 48.5. The number of fused-ring (bicyclic) bond motifs is 3. The van der Waals surface area contributed by atoms with Crippen LogP contribution in [0.3, 0.4) is 0 Å². The van der Waals surface area contributed by atoms with Crippen LogP contribution >= 0.6 is 0 Å². The molecule has 0 amide bonds. The van der Waals surface area contributed by atoms with Crippen molar-refractivity contribution in [2.75, 3.05) is 26.4 Å². The molecule has 4 aromatic carbocycles. The summed E-state index contributed by atoms with van der Waals surface area (Å²) in [5.74, 6) is -5.79. The molecule has 3 aliphatic rings. The number of hydrogen-bond donors (Lipinski definition) is 4. The van der Waals surface area contributed by atoms with Gasteiger partial charge in [-0.1, -0.05) is 97.1 Å². The van der Waals surface area contributed by atoms with Crippen molar-refractivity contribution in [1.82, 2.24) is 0 Å². The van der Waals surface area contributed by atoms with E-state index >= 15 is 0 Å². The van der Waals surface area contributed by atoms with Crippen molar-refractivity contribution >= 4 is 23.9 Å². The smallest absolute Gasteiger partial charge is 0.310 e. The Morgan fingerprint density at radius 2 is 0.864 bits per heavy atom. The normalized spacial score (nSPS) is 21.0. The number of esters is 2. The van der Waals surface area contributed by atoms with E-state index < -0.39 is 65.2 Å². The number of aliphatic hydroxyl groups excluding tert-OH is 2. The number of aliphatic hydroxyl groups is 2.